The summed E-state index contributed by atoms with van der Waals surface area (Å²) in [6.07, 6.45) is 4.98. The Morgan fingerprint density at radius 3 is 3.00 bits per heavy atom. The van der Waals surface area contributed by atoms with Crippen LogP contribution in [0.2, 0.25) is 0 Å². The Kier molecular flexibility index (Phi) is 3.22. The van der Waals surface area contributed by atoms with Gasteiger partial charge < -0.3 is 15.5 Å². The predicted octanol–water partition coefficient (Wildman–Crippen LogP) is 3.18. The number of benzene rings is 1. The van der Waals surface area contributed by atoms with Crippen molar-refractivity contribution in [3.63, 3.8) is 0 Å². The number of amides is 1. The molecule has 3 N–H and O–H groups in total. The highest BCUT2D eigenvalue weighted by molar-refractivity contribution is 5.93. The van der Waals surface area contributed by atoms with Crippen molar-refractivity contribution in [2.24, 2.45) is 5.73 Å². The minimum absolute atomic E-state index is 0.274. The first-order chi connectivity index (χ1) is 9.65. The Bertz CT molecular complexity index is 646. The van der Waals surface area contributed by atoms with Crippen molar-refractivity contribution in [2.45, 2.75) is 32.2 Å². The standard InChI is InChI=1S/C16H18N2O2/c1-10-9-11(16(17)19)5-6-13(10)18-14-3-2-4-15-12(14)7-8-20-15/h5-9,14,18H,2-4H2,1H3,(H2,17,19). The number of hydrogen-bond donors (Lipinski definition) is 2. The molecule has 4 heteroatoms. The van der Waals surface area contributed by atoms with Crippen LogP contribution in [0.25, 0.3) is 0 Å². The third kappa shape index (κ3) is 2.29. The quantitative estimate of drug-likeness (QED) is 0.900. The summed E-state index contributed by atoms with van der Waals surface area (Å²) in [5, 5.41) is 3.55. The van der Waals surface area contributed by atoms with Crippen LogP contribution in [0.1, 0.15) is 46.1 Å². The van der Waals surface area contributed by atoms with E-state index in [-0.39, 0.29) is 6.04 Å². The largest absolute Gasteiger partial charge is 0.469 e. The van der Waals surface area contributed by atoms with E-state index >= 15 is 0 Å². The average Bonchev–Trinajstić information content (AvgIpc) is 2.90. The molecule has 1 unspecified atom stereocenters. The normalized spacial score (nSPS) is 17.6. The van der Waals surface area contributed by atoms with Crippen LogP contribution in [0.4, 0.5) is 5.69 Å². The van der Waals surface area contributed by atoms with Gasteiger partial charge in [-0.1, -0.05) is 0 Å². The van der Waals surface area contributed by atoms with Crippen LogP contribution in [0.3, 0.4) is 0 Å². The van der Waals surface area contributed by atoms with Gasteiger partial charge in [-0.25, -0.2) is 0 Å². The summed E-state index contributed by atoms with van der Waals surface area (Å²) in [6.45, 7) is 1.98. The van der Waals surface area contributed by atoms with Gasteiger partial charge in [0.25, 0.3) is 0 Å². The molecule has 0 saturated carbocycles. The Morgan fingerprint density at radius 1 is 1.40 bits per heavy atom. The molecule has 0 bridgehead atoms. The fraction of sp³-hybridized carbons (Fsp3) is 0.312. The average molecular weight is 270 g/mol. The molecule has 0 spiro atoms. The van der Waals surface area contributed by atoms with E-state index in [0.717, 1.165) is 36.3 Å². The predicted molar refractivity (Wildman–Crippen MR) is 77.7 cm³/mol. The molecule has 0 radical (unpaired) electrons. The maximum Gasteiger partial charge on any atom is 0.248 e. The summed E-state index contributed by atoms with van der Waals surface area (Å²) < 4.78 is 5.50. The van der Waals surface area contributed by atoms with E-state index in [4.69, 9.17) is 10.2 Å². The second-order valence-corrected chi connectivity index (χ2v) is 5.28. The Balaban J connectivity index is 1.84. The number of hydrogen-bond acceptors (Lipinski definition) is 3. The molecule has 1 aliphatic carbocycles. The van der Waals surface area contributed by atoms with Crippen molar-refractivity contribution in [1.29, 1.82) is 0 Å². The summed E-state index contributed by atoms with van der Waals surface area (Å²) >= 11 is 0. The summed E-state index contributed by atoms with van der Waals surface area (Å²) in [5.41, 5.74) is 9.14. The van der Waals surface area contributed by atoms with Crippen LogP contribution in [0, 0.1) is 6.92 Å². The van der Waals surface area contributed by atoms with Crippen molar-refractivity contribution in [2.75, 3.05) is 5.32 Å². The third-order valence-corrected chi connectivity index (χ3v) is 3.89. The molecule has 0 saturated heterocycles. The van der Waals surface area contributed by atoms with Gasteiger partial charge >= 0.3 is 0 Å². The van der Waals surface area contributed by atoms with E-state index in [0.29, 0.717) is 5.56 Å². The van der Waals surface area contributed by atoms with Crippen molar-refractivity contribution < 1.29 is 9.21 Å². The van der Waals surface area contributed by atoms with Gasteiger partial charge in [-0.2, -0.15) is 0 Å². The summed E-state index contributed by atoms with van der Waals surface area (Å²) in [7, 11) is 0. The molecule has 4 nitrogen and oxygen atoms in total. The van der Waals surface area contributed by atoms with E-state index in [1.54, 1.807) is 12.3 Å². The molecule has 1 atom stereocenters. The Morgan fingerprint density at radius 2 is 2.25 bits per heavy atom. The van der Waals surface area contributed by atoms with Gasteiger partial charge in [0.15, 0.2) is 0 Å². The van der Waals surface area contributed by atoms with Gasteiger partial charge in [-0.15, -0.1) is 0 Å². The van der Waals surface area contributed by atoms with E-state index < -0.39 is 5.91 Å². The highest BCUT2D eigenvalue weighted by atomic mass is 16.3. The monoisotopic (exact) mass is 270 g/mol. The number of primary amides is 1. The molecule has 0 fully saturated rings. The molecule has 1 aliphatic rings. The second kappa shape index (κ2) is 5.04. The Hall–Kier alpha value is -2.23. The van der Waals surface area contributed by atoms with Crippen LogP contribution in [-0.4, -0.2) is 5.91 Å². The number of nitrogens with one attached hydrogen (secondary N) is 1. The lowest BCUT2D eigenvalue weighted by Crippen LogP contribution is -2.17. The fourth-order valence-corrected chi connectivity index (χ4v) is 2.80. The zero-order chi connectivity index (χ0) is 14.1. The molecule has 1 aromatic carbocycles. The van der Waals surface area contributed by atoms with Crippen LogP contribution in [0.15, 0.2) is 34.9 Å². The van der Waals surface area contributed by atoms with Crippen LogP contribution < -0.4 is 11.1 Å². The number of carbonyl (C=O) groups is 1. The lowest BCUT2D eigenvalue weighted by molar-refractivity contribution is 0.1000. The van der Waals surface area contributed by atoms with Crippen molar-refractivity contribution in [1.82, 2.24) is 0 Å². The van der Waals surface area contributed by atoms with Gasteiger partial charge in [0.1, 0.15) is 5.76 Å². The number of fused-ring (bicyclic) bond motifs is 1. The lowest BCUT2D eigenvalue weighted by atomic mass is 9.93. The van der Waals surface area contributed by atoms with Crippen LogP contribution >= 0.6 is 0 Å². The van der Waals surface area contributed by atoms with Gasteiger partial charge in [-0.3, -0.25) is 4.79 Å². The smallest absolute Gasteiger partial charge is 0.248 e. The van der Waals surface area contributed by atoms with Gasteiger partial charge in [0, 0.05) is 23.2 Å². The van der Waals surface area contributed by atoms with Gasteiger partial charge in [0.05, 0.1) is 12.3 Å². The molecular weight excluding hydrogens is 252 g/mol. The molecular formula is C16H18N2O2. The minimum Gasteiger partial charge on any atom is -0.469 e. The topological polar surface area (TPSA) is 68.3 Å². The van der Waals surface area contributed by atoms with E-state index in [1.807, 2.05) is 25.1 Å². The number of anilines is 1. The summed E-state index contributed by atoms with van der Waals surface area (Å²) in [5.74, 6) is 0.689. The summed E-state index contributed by atoms with van der Waals surface area (Å²) in [6, 6.07) is 7.82. The maximum absolute atomic E-state index is 11.2. The number of rotatable bonds is 3. The summed E-state index contributed by atoms with van der Waals surface area (Å²) in [4.78, 5) is 11.2. The van der Waals surface area contributed by atoms with E-state index in [9.17, 15) is 4.79 Å². The molecule has 104 valence electrons. The van der Waals surface area contributed by atoms with Crippen molar-refractivity contribution >= 4 is 11.6 Å². The second-order valence-electron chi connectivity index (χ2n) is 5.28. The first-order valence-electron chi connectivity index (χ1n) is 6.88. The molecule has 20 heavy (non-hydrogen) atoms. The third-order valence-electron chi connectivity index (χ3n) is 3.89. The first-order valence-corrected chi connectivity index (χ1v) is 6.88. The molecule has 2 aromatic rings. The van der Waals surface area contributed by atoms with Gasteiger partial charge in [-0.05, 0) is 49.6 Å². The van der Waals surface area contributed by atoms with Crippen molar-refractivity contribution in [3.8, 4) is 0 Å². The molecule has 0 aliphatic heterocycles. The van der Waals surface area contributed by atoms with Crippen LogP contribution in [0.5, 0.6) is 0 Å². The minimum atomic E-state index is -0.394. The SMILES string of the molecule is Cc1cc(C(N)=O)ccc1NC1CCCc2occc21. The first kappa shape index (κ1) is 12.8. The fourth-order valence-electron chi connectivity index (χ4n) is 2.80. The Labute approximate surface area is 118 Å². The molecule has 1 aromatic heterocycles. The number of carbonyl (C=O) groups excluding carboxylic acids is 1. The van der Waals surface area contributed by atoms with E-state index in [2.05, 4.69) is 5.32 Å². The molecule has 3 rings (SSSR count). The zero-order valence-corrected chi connectivity index (χ0v) is 11.5. The number of nitrogens with two attached hydrogens (primary N) is 1. The van der Waals surface area contributed by atoms with E-state index in [1.165, 1.54) is 5.56 Å². The van der Waals surface area contributed by atoms with Gasteiger partial charge in [0.2, 0.25) is 5.91 Å². The lowest BCUT2D eigenvalue weighted by Gasteiger charge is -2.24. The number of furan rings is 1. The molecule has 1 amide bonds. The van der Waals surface area contributed by atoms with Crippen LogP contribution in [-0.2, 0) is 6.42 Å². The number of aryl methyl sites for hydroxylation is 2. The highest BCUT2D eigenvalue weighted by Gasteiger charge is 2.22. The maximum atomic E-state index is 11.2. The zero-order valence-electron chi connectivity index (χ0n) is 11.5. The van der Waals surface area contributed by atoms with Crippen molar-refractivity contribution in [3.05, 3.63) is 53.0 Å². The highest BCUT2D eigenvalue weighted by Crippen LogP contribution is 2.34. The molecule has 1 heterocycles.